The van der Waals surface area contributed by atoms with Crippen molar-refractivity contribution in [1.82, 2.24) is 0 Å². The molecule has 0 aromatic heterocycles. The number of hydrogen-bond acceptors (Lipinski definition) is 4. The molecule has 1 atom stereocenters. The number of carbonyl (C=O) groups is 2. The first kappa shape index (κ1) is 21.2. The maximum Gasteiger partial charge on any atom is 0.252 e. The SMILES string of the molecule is CCCCCCOc1ccc(CC(=O)[C@@H](N)CC(C)C)cc1C(N)=O. The van der Waals surface area contributed by atoms with Crippen LogP contribution in [0.15, 0.2) is 18.2 Å². The molecule has 1 rings (SSSR count). The third-order valence-corrected chi connectivity index (χ3v) is 4.08. The van der Waals surface area contributed by atoms with E-state index in [-0.39, 0.29) is 12.2 Å². The maximum atomic E-state index is 12.2. The normalized spacial score (nSPS) is 12.2. The highest BCUT2D eigenvalue weighted by atomic mass is 16.5. The van der Waals surface area contributed by atoms with Crippen molar-refractivity contribution in [1.29, 1.82) is 0 Å². The third-order valence-electron chi connectivity index (χ3n) is 4.08. The van der Waals surface area contributed by atoms with E-state index in [1.165, 1.54) is 6.42 Å². The van der Waals surface area contributed by atoms with Crippen molar-refractivity contribution in [3.8, 4) is 5.75 Å². The second kappa shape index (κ2) is 10.9. The lowest BCUT2D eigenvalue weighted by Crippen LogP contribution is -2.33. The Labute approximate surface area is 151 Å². The Hall–Kier alpha value is -1.88. The predicted octanol–water partition coefficient (Wildman–Crippen LogP) is 3.23. The van der Waals surface area contributed by atoms with Crippen molar-refractivity contribution in [3.63, 3.8) is 0 Å². The summed E-state index contributed by atoms with van der Waals surface area (Å²) in [6.45, 7) is 6.77. The van der Waals surface area contributed by atoms with Crippen LogP contribution in [0.4, 0.5) is 0 Å². The Morgan fingerprint density at radius 1 is 1.16 bits per heavy atom. The van der Waals surface area contributed by atoms with E-state index in [4.69, 9.17) is 16.2 Å². The van der Waals surface area contributed by atoms with Gasteiger partial charge in [-0.1, -0.05) is 46.1 Å². The molecule has 0 radical (unpaired) electrons. The van der Waals surface area contributed by atoms with Crippen molar-refractivity contribution in [2.75, 3.05) is 6.61 Å². The molecule has 1 aromatic rings. The lowest BCUT2D eigenvalue weighted by atomic mass is 9.96. The van der Waals surface area contributed by atoms with E-state index in [1.807, 2.05) is 13.8 Å². The van der Waals surface area contributed by atoms with E-state index in [2.05, 4.69) is 6.92 Å². The highest BCUT2D eigenvalue weighted by Crippen LogP contribution is 2.21. The molecule has 0 heterocycles. The lowest BCUT2D eigenvalue weighted by Gasteiger charge is -2.14. The lowest BCUT2D eigenvalue weighted by molar-refractivity contribution is -0.120. The Morgan fingerprint density at radius 2 is 1.88 bits per heavy atom. The molecule has 0 saturated heterocycles. The van der Waals surface area contributed by atoms with Crippen LogP contribution < -0.4 is 16.2 Å². The first-order valence-corrected chi connectivity index (χ1v) is 9.19. The fourth-order valence-corrected chi connectivity index (χ4v) is 2.69. The summed E-state index contributed by atoms with van der Waals surface area (Å²) in [5.74, 6) is 0.261. The molecule has 1 amide bonds. The van der Waals surface area contributed by atoms with Crippen LogP contribution in [0.2, 0.25) is 0 Å². The number of primary amides is 1. The van der Waals surface area contributed by atoms with Crippen molar-refractivity contribution in [3.05, 3.63) is 29.3 Å². The minimum absolute atomic E-state index is 0.0302. The maximum absolute atomic E-state index is 12.2. The van der Waals surface area contributed by atoms with Crippen molar-refractivity contribution in [2.24, 2.45) is 17.4 Å². The minimum Gasteiger partial charge on any atom is -0.493 e. The molecule has 5 nitrogen and oxygen atoms in total. The summed E-state index contributed by atoms with van der Waals surface area (Å²) in [5.41, 5.74) is 12.4. The number of Topliss-reactive ketones (excluding diaryl/α,β-unsaturated/α-hetero) is 1. The van der Waals surface area contributed by atoms with E-state index in [9.17, 15) is 9.59 Å². The van der Waals surface area contributed by atoms with Crippen LogP contribution in [0, 0.1) is 5.92 Å². The zero-order valence-corrected chi connectivity index (χ0v) is 15.7. The second-order valence-corrected chi connectivity index (χ2v) is 6.98. The molecular formula is C20H32N2O3. The van der Waals surface area contributed by atoms with Crippen molar-refractivity contribution in [2.45, 2.75) is 65.3 Å². The highest BCUT2D eigenvalue weighted by Gasteiger charge is 2.17. The summed E-state index contributed by atoms with van der Waals surface area (Å²) < 4.78 is 5.69. The zero-order chi connectivity index (χ0) is 18.8. The highest BCUT2D eigenvalue weighted by molar-refractivity contribution is 5.96. The molecule has 0 unspecified atom stereocenters. The van der Waals surface area contributed by atoms with Gasteiger partial charge in [-0.25, -0.2) is 0 Å². The summed E-state index contributed by atoms with van der Waals surface area (Å²) in [7, 11) is 0. The number of hydrogen-bond donors (Lipinski definition) is 2. The average Bonchev–Trinajstić information content (AvgIpc) is 2.54. The Morgan fingerprint density at radius 3 is 2.48 bits per heavy atom. The molecule has 5 heteroatoms. The predicted molar refractivity (Wildman–Crippen MR) is 101 cm³/mol. The van der Waals surface area contributed by atoms with Gasteiger partial charge >= 0.3 is 0 Å². The standard InChI is InChI=1S/C20H32N2O3/c1-4-5-6-7-10-25-19-9-8-15(12-16(19)20(22)24)13-18(23)17(21)11-14(2)3/h8-9,12,14,17H,4-7,10-11,13,21H2,1-3H3,(H2,22,24)/t17-/m0/s1. The van der Waals surface area contributed by atoms with Gasteiger partial charge in [0.2, 0.25) is 0 Å². The Kier molecular flexibility index (Phi) is 9.21. The molecule has 0 aliphatic rings. The monoisotopic (exact) mass is 348 g/mol. The Balaban J connectivity index is 2.73. The molecule has 0 saturated carbocycles. The topological polar surface area (TPSA) is 95.4 Å². The second-order valence-electron chi connectivity index (χ2n) is 6.98. The molecule has 0 aliphatic carbocycles. The number of benzene rings is 1. The fourth-order valence-electron chi connectivity index (χ4n) is 2.69. The average molecular weight is 348 g/mol. The van der Waals surface area contributed by atoms with Crippen LogP contribution in [0.1, 0.15) is 68.8 Å². The number of rotatable bonds is 12. The van der Waals surface area contributed by atoms with Gasteiger partial charge in [0, 0.05) is 6.42 Å². The number of ether oxygens (including phenoxy) is 1. The van der Waals surface area contributed by atoms with Crippen LogP contribution in [-0.2, 0) is 11.2 Å². The van der Waals surface area contributed by atoms with E-state index in [1.54, 1.807) is 18.2 Å². The molecule has 0 bridgehead atoms. The summed E-state index contributed by atoms with van der Waals surface area (Å²) in [6, 6.07) is 4.68. The number of unbranched alkanes of at least 4 members (excludes halogenated alkanes) is 3. The fraction of sp³-hybridized carbons (Fsp3) is 0.600. The number of nitrogens with two attached hydrogens (primary N) is 2. The van der Waals surface area contributed by atoms with Gasteiger partial charge in [0.05, 0.1) is 18.2 Å². The molecule has 0 fully saturated rings. The number of ketones is 1. The number of carbonyl (C=O) groups excluding carboxylic acids is 2. The Bertz CT molecular complexity index is 570. The third kappa shape index (κ3) is 7.69. The van der Waals surface area contributed by atoms with E-state index in [0.717, 1.165) is 24.8 Å². The summed E-state index contributed by atoms with van der Waals surface area (Å²) >= 11 is 0. The van der Waals surface area contributed by atoms with Gasteiger partial charge in [0.25, 0.3) is 5.91 Å². The first-order chi connectivity index (χ1) is 11.8. The van der Waals surface area contributed by atoms with E-state index < -0.39 is 11.9 Å². The van der Waals surface area contributed by atoms with Crippen LogP contribution >= 0.6 is 0 Å². The van der Waals surface area contributed by atoms with Gasteiger partial charge in [-0.3, -0.25) is 9.59 Å². The molecule has 140 valence electrons. The van der Waals surface area contributed by atoms with Gasteiger partial charge in [0.1, 0.15) is 5.75 Å². The van der Waals surface area contributed by atoms with Crippen molar-refractivity contribution >= 4 is 11.7 Å². The van der Waals surface area contributed by atoms with Crippen LogP contribution in [0.25, 0.3) is 0 Å². The van der Waals surface area contributed by atoms with Gasteiger partial charge in [-0.2, -0.15) is 0 Å². The van der Waals surface area contributed by atoms with Crippen LogP contribution in [-0.4, -0.2) is 24.3 Å². The van der Waals surface area contributed by atoms with Gasteiger partial charge in [-0.05, 0) is 36.5 Å². The largest absolute Gasteiger partial charge is 0.493 e. The van der Waals surface area contributed by atoms with Gasteiger partial charge in [-0.15, -0.1) is 0 Å². The van der Waals surface area contributed by atoms with Gasteiger partial charge < -0.3 is 16.2 Å². The molecule has 25 heavy (non-hydrogen) atoms. The summed E-state index contributed by atoms with van der Waals surface area (Å²) in [6.07, 6.45) is 5.22. The van der Waals surface area contributed by atoms with E-state index >= 15 is 0 Å². The molecule has 1 aromatic carbocycles. The van der Waals surface area contributed by atoms with Gasteiger partial charge in [0.15, 0.2) is 5.78 Å². The number of amides is 1. The van der Waals surface area contributed by atoms with E-state index in [0.29, 0.717) is 30.3 Å². The molecular weight excluding hydrogens is 316 g/mol. The first-order valence-electron chi connectivity index (χ1n) is 9.19. The molecule has 0 spiro atoms. The quantitative estimate of drug-likeness (QED) is 0.567. The van der Waals surface area contributed by atoms with Crippen molar-refractivity contribution < 1.29 is 14.3 Å². The summed E-state index contributed by atoms with van der Waals surface area (Å²) in [4.78, 5) is 23.9. The molecule has 4 N–H and O–H groups in total. The summed E-state index contributed by atoms with van der Waals surface area (Å²) in [5, 5.41) is 0. The minimum atomic E-state index is -0.552. The zero-order valence-electron chi connectivity index (χ0n) is 15.7. The molecule has 0 aliphatic heterocycles. The van der Waals surface area contributed by atoms with Crippen LogP contribution in [0.3, 0.4) is 0 Å². The smallest absolute Gasteiger partial charge is 0.252 e. The van der Waals surface area contributed by atoms with Crippen LogP contribution in [0.5, 0.6) is 5.75 Å².